The summed E-state index contributed by atoms with van der Waals surface area (Å²) < 4.78 is 0. The maximum absolute atomic E-state index is 12.8. The van der Waals surface area contributed by atoms with Crippen LogP contribution < -0.4 is 59.3 Å². The molecule has 0 spiro atoms. The molecule has 0 fully saturated rings. The van der Waals surface area contributed by atoms with Crippen LogP contribution in [0.1, 0.15) is 66.7 Å². The SMILES string of the molecule is CC(C)C[C@H](NC(=O)CNC(=O)CNC(=O)CN)C(=O)NCC(=O)N[C@@H](C)C(=O)NCC(=O)NCC(=O)N[C@@H](CC(C)C)C(=O)N[C@@H](CCCCN)C(=O)O. The Labute approximate surface area is 319 Å². The molecule has 9 amide bonds. The third-order valence-corrected chi connectivity index (χ3v) is 7.42. The lowest BCUT2D eigenvalue weighted by Crippen LogP contribution is -2.54. The molecule has 0 aliphatic rings. The highest BCUT2D eigenvalue weighted by atomic mass is 16.4. The van der Waals surface area contributed by atoms with Crippen LogP contribution in [0.25, 0.3) is 0 Å². The normalized spacial score (nSPS) is 12.9. The Morgan fingerprint density at radius 3 is 1.36 bits per heavy atom. The van der Waals surface area contributed by atoms with Crippen molar-refractivity contribution in [3.8, 4) is 0 Å². The summed E-state index contributed by atoms with van der Waals surface area (Å²) in [7, 11) is 0. The van der Waals surface area contributed by atoms with Crippen molar-refractivity contribution in [3.63, 3.8) is 0 Å². The molecule has 0 aliphatic carbocycles. The lowest BCUT2D eigenvalue weighted by atomic mass is 10.0. The highest BCUT2D eigenvalue weighted by Gasteiger charge is 2.27. The molecule has 0 saturated heterocycles. The monoisotopic (exact) mass is 785 g/mol. The molecule has 0 heterocycles. The van der Waals surface area contributed by atoms with Crippen LogP contribution in [0.4, 0.5) is 0 Å². The van der Waals surface area contributed by atoms with Crippen molar-refractivity contribution in [1.82, 2.24) is 47.9 Å². The highest BCUT2D eigenvalue weighted by molar-refractivity contribution is 5.95. The molecule has 312 valence electrons. The molecule has 0 rings (SSSR count). The van der Waals surface area contributed by atoms with Gasteiger partial charge in [0.1, 0.15) is 24.2 Å². The summed E-state index contributed by atoms with van der Waals surface area (Å²) in [6.45, 7) is 6.04. The van der Waals surface area contributed by atoms with E-state index in [1.165, 1.54) is 6.92 Å². The minimum atomic E-state index is -1.22. The fourth-order valence-corrected chi connectivity index (χ4v) is 4.62. The van der Waals surface area contributed by atoms with Gasteiger partial charge in [0.2, 0.25) is 53.2 Å². The van der Waals surface area contributed by atoms with Crippen molar-refractivity contribution in [2.45, 2.75) is 90.9 Å². The first kappa shape index (κ1) is 49.6. The zero-order valence-corrected chi connectivity index (χ0v) is 32.1. The predicted octanol–water partition coefficient (Wildman–Crippen LogP) is -5.21. The Kier molecular flexibility index (Phi) is 24.6. The number of carboxylic acid groups (broad SMARTS) is 1. The largest absolute Gasteiger partial charge is 0.480 e. The molecule has 0 aliphatic heterocycles. The first-order chi connectivity index (χ1) is 25.8. The molecule has 22 nitrogen and oxygen atoms in total. The standard InChI is InChI=1S/C33H59N11O11/c1-18(2)10-22(42-28(49)15-37-25(46)13-36-24(45)12-35)31(52)40-17-27(48)41-20(5)30(51)39-14-26(47)38-16-29(50)43-23(11-19(3)4)32(53)44-21(33(54)55)8-6-7-9-34/h18-23H,6-17,34-35H2,1-5H3,(H,36,45)(H,37,46)(H,38,47)(H,39,51)(H,40,52)(H,41,48)(H,42,49)(H,43,50)(H,44,53)(H,54,55)/t20-,21-,22-,23-/m0/s1. The van der Waals surface area contributed by atoms with Gasteiger partial charge in [-0.15, -0.1) is 0 Å². The summed E-state index contributed by atoms with van der Waals surface area (Å²) >= 11 is 0. The molecule has 0 bridgehead atoms. The lowest BCUT2D eigenvalue weighted by molar-refractivity contribution is -0.142. The Balaban J connectivity index is 4.83. The number of hydrogen-bond acceptors (Lipinski definition) is 12. The number of rotatable bonds is 27. The average molecular weight is 786 g/mol. The number of unbranched alkanes of at least 4 members (excludes halogenated alkanes) is 1. The minimum absolute atomic E-state index is 0.0483. The fraction of sp³-hybridized carbons (Fsp3) is 0.697. The van der Waals surface area contributed by atoms with E-state index in [9.17, 15) is 53.1 Å². The van der Waals surface area contributed by atoms with Crippen molar-refractivity contribution in [2.75, 3.05) is 45.8 Å². The molecule has 14 N–H and O–H groups in total. The van der Waals surface area contributed by atoms with E-state index < -0.39 is 116 Å². The van der Waals surface area contributed by atoms with E-state index in [0.717, 1.165) is 0 Å². The van der Waals surface area contributed by atoms with Gasteiger partial charge in [-0.25, -0.2) is 4.79 Å². The molecular formula is C33H59N11O11. The quantitative estimate of drug-likeness (QED) is 0.0347. The molecule has 0 radical (unpaired) electrons. The third-order valence-electron chi connectivity index (χ3n) is 7.42. The molecule has 4 atom stereocenters. The summed E-state index contributed by atoms with van der Waals surface area (Å²) in [5.74, 6) is -7.64. The number of amides is 9. The Morgan fingerprint density at radius 1 is 0.473 bits per heavy atom. The summed E-state index contributed by atoms with van der Waals surface area (Å²) in [4.78, 5) is 122. The first-order valence-corrected chi connectivity index (χ1v) is 18.0. The van der Waals surface area contributed by atoms with Crippen LogP contribution in [0.3, 0.4) is 0 Å². The van der Waals surface area contributed by atoms with Crippen LogP contribution in [-0.2, 0) is 47.9 Å². The van der Waals surface area contributed by atoms with Gasteiger partial charge in [-0.05, 0) is 57.4 Å². The van der Waals surface area contributed by atoms with Gasteiger partial charge in [-0.1, -0.05) is 27.7 Å². The number of aliphatic carboxylic acids is 1. The van der Waals surface area contributed by atoms with Crippen LogP contribution in [0.5, 0.6) is 0 Å². The second-order valence-electron chi connectivity index (χ2n) is 13.4. The highest BCUT2D eigenvalue weighted by Crippen LogP contribution is 2.08. The number of carboxylic acids is 1. The van der Waals surface area contributed by atoms with Crippen LogP contribution >= 0.6 is 0 Å². The summed E-state index contributed by atoms with van der Waals surface area (Å²) in [6, 6.07) is -4.45. The average Bonchev–Trinajstić information content (AvgIpc) is 3.11. The second kappa shape index (κ2) is 27.2. The number of carbonyl (C=O) groups excluding carboxylic acids is 9. The van der Waals surface area contributed by atoms with E-state index in [1.54, 1.807) is 13.8 Å². The van der Waals surface area contributed by atoms with Gasteiger partial charge in [-0.3, -0.25) is 43.2 Å². The molecule has 0 aromatic heterocycles. The number of nitrogens with two attached hydrogens (primary N) is 2. The Bertz CT molecular complexity index is 1340. The second-order valence-corrected chi connectivity index (χ2v) is 13.4. The van der Waals surface area contributed by atoms with Gasteiger partial charge >= 0.3 is 5.97 Å². The topological polar surface area (TPSA) is 351 Å². The third kappa shape index (κ3) is 23.8. The summed E-state index contributed by atoms with van der Waals surface area (Å²) in [6.07, 6.45) is 1.61. The Morgan fingerprint density at radius 2 is 0.891 bits per heavy atom. The van der Waals surface area contributed by atoms with E-state index in [-0.39, 0.29) is 37.6 Å². The molecule has 55 heavy (non-hydrogen) atoms. The minimum Gasteiger partial charge on any atom is -0.480 e. The van der Waals surface area contributed by atoms with Gasteiger partial charge < -0.3 is 64.4 Å². The maximum Gasteiger partial charge on any atom is 0.326 e. The van der Waals surface area contributed by atoms with Crippen molar-refractivity contribution in [3.05, 3.63) is 0 Å². The van der Waals surface area contributed by atoms with Gasteiger partial charge in [0.15, 0.2) is 0 Å². The van der Waals surface area contributed by atoms with Crippen molar-refractivity contribution in [1.29, 1.82) is 0 Å². The van der Waals surface area contributed by atoms with Crippen LogP contribution in [0.15, 0.2) is 0 Å². The fourth-order valence-electron chi connectivity index (χ4n) is 4.62. The first-order valence-electron chi connectivity index (χ1n) is 18.0. The van der Waals surface area contributed by atoms with Crippen LogP contribution in [0, 0.1) is 11.8 Å². The van der Waals surface area contributed by atoms with Crippen LogP contribution in [-0.4, -0.2) is 134 Å². The van der Waals surface area contributed by atoms with E-state index in [4.69, 9.17) is 11.5 Å². The smallest absolute Gasteiger partial charge is 0.326 e. The number of carbonyl (C=O) groups is 10. The van der Waals surface area contributed by atoms with Gasteiger partial charge in [-0.2, -0.15) is 0 Å². The van der Waals surface area contributed by atoms with Crippen LogP contribution in [0.2, 0.25) is 0 Å². The van der Waals surface area contributed by atoms with Crippen molar-refractivity contribution >= 4 is 59.1 Å². The summed E-state index contributed by atoms with van der Waals surface area (Å²) in [5.41, 5.74) is 10.6. The summed E-state index contributed by atoms with van der Waals surface area (Å²) in [5, 5.41) is 30.7. The van der Waals surface area contributed by atoms with Gasteiger partial charge in [0.25, 0.3) is 0 Å². The van der Waals surface area contributed by atoms with Gasteiger partial charge in [0, 0.05) is 0 Å². The molecule has 0 aromatic rings. The molecule has 22 heteroatoms. The molecule has 0 saturated carbocycles. The maximum atomic E-state index is 12.8. The van der Waals surface area contributed by atoms with E-state index in [2.05, 4.69) is 47.9 Å². The molecule has 0 aromatic carbocycles. The van der Waals surface area contributed by atoms with Crippen molar-refractivity contribution in [2.24, 2.45) is 23.3 Å². The zero-order chi connectivity index (χ0) is 42.1. The Hall–Kier alpha value is -5.38. The zero-order valence-electron chi connectivity index (χ0n) is 32.1. The predicted molar refractivity (Wildman–Crippen MR) is 197 cm³/mol. The molecule has 0 unspecified atom stereocenters. The van der Waals surface area contributed by atoms with E-state index >= 15 is 0 Å². The number of hydrogen-bond donors (Lipinski definition) is 12. The molecular weight excluding hydrogens is 726 g/mol. The lowest BCUT2D eigenvalue weighted by Gasteiger charge is -2.23. The van der Waals surface area contributed by atoms with E-state index in [0.29, 0.717) is 19.4 Å². The van der Waals surface area contributed by atoms with E-state index in [1.807, 2.05) is 13.8 Å². The van der Waals surface area contributed by atoms with Crippen molar-refractivity contribution < 1.29 is 53.1 Å². The number of nitrogens with one attached hydrogen (secondary N) is 9. The van der Waals surface area contributed by atoms with Gasteiger partial charge in [0.05, 0.1) is 39.3 Å².